The molecule has 1 saturated carbocycles. The third kappa shape index (κ3) is 1.57. The van der Waals surface area contributed by atoms with Crippen molar-refractivity contribution in [3.8, 4) is 0 Å². The van der Waals surface area contributed by atoms with Crippen molar-refractivity contribution in [1.82, 2.24) is 0 Å². The summed E-state index contributed by atoms with van der Waals surface area (Å²) in [5.74, 6) is 0. The highest BCUT2D eigenvalue weighted by Gasteiger charge is 2.50. The normalized spacial score (nSPS) is 24.8. The molecule has 11 heavy (non-hydrogen) atoms. The summed E-state index contributed by atoms with van der Waals surface area (Å²) in [6, 6.07) is 0.264. The van der Waals surface area contributed by atoms with E-state index in [1.54, 1.807) is 0 Å². The molecule has 1 unspecified atom stereocenters. The average molecular weight is 156 g/mol. The molecule has 0 bridgehead atoms. The number of hydrogen-bond donors (Lipinski definition) is 2. The lowest BCUT2D eigenvalue weighted by Gasteiger charge is -2.33. The van der Waals surface area contributed by atoms with E-state index in [0.717, 1.165) is 6.54 Å². The Labute approximate surface area is 69.3 Å². The standard InChI is InChI=1S/C9H20N2/c1-8(2,3)7(11)9(6-10)4-5-9/h7H,4-6,10-11H2,1-3H3. The summed E-state index contributed by atoms with van der Waals surface area (Å²) < 4.78 is 0. The van der Waals surface area contributed by atoms with E-state index < -0.39 is 0 Å². The maximum atomic E-state index is 6.12. The van der Waals surface area contributed by atoms with Crippen LogP contribution in [0.1, 0.15) is 33.6 Å². The Morgan fingerprint density at radius 2 is 1.82 bits per heavy atom. The first-order valence-electron chi connectivity index (χ1n) is 4.38. The first kappa shape index (κ1) is 9.01. The molecule has 0 heterocycles. The molecule has 1 atom stereocenters. The minimum absolute atomic E-state index is 0.204. The first-order valence-corrected chi connectivity index (χ1v) is 4.38. The molecule has 2 nitrogen and oxygen atoms in total. The van der Waals surface area contributed by atoms with Crippen LogP contribution in [0.2, 0.25) is 0 Å². The van der Waals surface area contributed by atoms with Gasteiger partial charge in [0.05, 0.1) is 0 Å². The quantitative estimate of drug-likeness (QED) is 0.629. The van der Waals surface area contributed by atoms with Crippen LogP contribution in [-0.2, 0) is 0 Å². The largest absolute Gasteiger partial charge is 0.330 e. The first-order chi connectivity index (χ1) is 4.92. The van der Waals surface area contributed by atoms with Crippen molar-refractivity contribution in [2.24, 2.45) is 22.3 Å². The van der Waals surface area contributed by atoms with Crippen molar-refractivity contribution in [3.05, 3.63) is 0 Å². The molecule has 0 amide bonds. The zero-order valence-electron chi connectivity index (χ0n) is 7.85. The second kappa shape index (κ2) is 2.46. The maximum absolute atomic E-state index is 6.12. The number of hydrogen-bond acceptors (Lipinski definition) is 2. The molecule has 0 aromatic heterocycles. The Balaban J connectivity index is 2.61. The van der Waals surface area contributed by atoms with Crippen molar-refractivity contribution in [1.29, 1.82) is 0 Å². The highest BCUT2D eigenvalue weighted by Crippen LogP contribution is 2.51. The average Bonchev–Trinajstić information content (AvgIpc) is 2.64. The predicted octanol–water partition coefficient (Wildman–Crippen LogP) is 1.10. The predicted molar refractivity (Wildman–Crippen MR) is 48.2 cm³/mol. The minimum atomic E-state index is 0.204. The van der Waals surface area contributed by atoms with Gasteiger partial charge in [-0.15, -0.1) is 0 Å². The van der Waals surface area contributed by atoms with Gasteiger partial charge in [0.25, 0.3) is 0 Å². The molecule has 0 spiro atoms. The highest BCUT2D eigenvalue weighted by atomic mass is 14.8. The van der Waals surface area contributed by atoms with Crippen LogP contribution < -0.4 is 11.5 Å². The van der Waals surface area contributed by atoms with Crippen LogP contribution in [0.5, 0.6) is 0 Å². The molecule has 0 aromatic carbocycles. The van der Waals surface area contributed by atoms with Crippen LogP contribution in [0, 0.1) is 10.8 Å². The Morgan fingerprint density at radius 1 is 1.36 bits per heavy atom. The van der Waals surface area contributed by atoms with Gasteiger partial charge in [0.1, 0.15) is 0 Å². The van der Waals surface area contributed by atoms with E-state index in [4.69, 9.17) is 11.5 Å². The van der Waals surface area contributed by atoms with Crippen molar-refractivity contribution in [3.63, 3.8) is 0 Å². The lowest BCUT2D eigenvalue weighted by atomic mass is 9.77. The van der Waals surface area contributed by atoms with E-state index in [9.17, 15) is 0 Å². The van der Waals surface area contributed by atoms with Crippen molar-refractivity contribution < 1.29 is 0 Å². The summed E-state index contributed by atoms with van der Waals surface area (Å²) in [6.45, 7) is 7.32. The molecule has 0 radical (unpaired) electrons. The molecule has 4 N–H and O–H groups in total. The molecule has 0 aromatic rings. The van der Waals surface area contributed by atoms with Crippen molar-refractivity contribution in [2.45, 2.75) is 39.7 Å². The second-order valence-electron chi connectivity index (χ2n) is 4.91. The second-order valence-corrected chi connectivity index (χ2v) is 4.91. The van der Waals surface area contributed by atoms with Crippen LogP contribution in [-0.4, -0.2) is 12.6 Å². The molecule has 66 valence electrons. The lowest BCUT2D eigenvalue weighted by Crippen LogP contribution is -2.46. The fourth-order valence-electron chi connectivity index (χ4n) is 1.72. The Bertz CT molecular complexity index is 142. The molecule has 0 aliphatic heterocycles. The van der Waals surface area contributed by atoms with E-state index in [0.29, 0.717) is 0 Å². The van der Waals surface area contributed by atoms with Crippen molar-refractivity contribution in [2.75, 3.05) is 6.54 Å². The minimum Gasteiger partial charge on any atom is -0.330 e. The van der Waals surface area contributed by atoms with Crippen LogP contribution in [0.3, 0.4) is 0 Å². The third-order valence-corrected chi connectivity index (χ3v) is 2.89. The topological polar surface area (TPSA) is 52.0 Å². The van der Waals surface area contributed by atoms with E-state index in [1.807, 2.05) is 0 Å². The van der Waals surface area contributed by atoms with Crippen LogP contribution in [0.15, 0.2) is 0 Å². The van der Waals surface area contributed by atoms with Gasteiger partial charge in [0, 0.05) is 6.04 Å². The Kier molecular flexibility index (Phi) is 2.01. The fourth-order valence-corrected chi connectivity index (χ4v) is 1.72. The van der Waals surface area contributed by atoms with Crippen LogP contribution in [0.4, 0.5) is 0 Å². The molecule has 1 aliphatic rings. The zero-order chi connectivity index (χ0) is 8.70. The summed E-state index contributed by atoms with van der Waals surface area (Å²) in [6.07, 6.45) is 2.45. The van der Waals surface area contributed by atoms with Crippen molar-refractivity contribution >= 4 is 0 Å². The number of rotatable bonds is 2. The SMILES string of the molecule is CC(C)(C)C(N)C1(CN)CC1. The van der Waals surface area contributed by atoms with E-state index in [-0.39, 0.29) is 16.9 Å². The summed E-state index contributed by atoms with van der Waals surface area (Å²) in [5, 5.41) is 0. The summed E-state index contributed by atoms with van der Waals surface area (Å²) in [5.41, 5.74) is 12.3. The smallest absolute Gasteiger partial charge is 0.0157 e. The molecular formula is C9H20N2. The van der Waals surface area contributed by atoms with Gasteiger partial charge >= 0.3 is 0 Å². The van der Waals surface area contributed by atoms with Gasteiger partial charge in [0.2, 0.25) is 0 Å². The van der Waals surface area contributed by atoms with E-state index >= 15 is 0 Å². The monoisotopic (exact) mass is 156 g/mol. The lowest BCUT2D eigenvalue weighted by molar-refractivity contribution is 0.224. The molecule has 2 heteroatoms. The number of nitrogens with two attached hydrogens (primary N) is 2. The molecule has 1 aliphatic carbocycles. The van der Waals surface area contributed by atoms with Gasteiger partial charge in [-0.1, -0.05) is 20.8 Å². The van der Waals surface area contributed by atoms with Gasteiger partial charge in [0.15, 0.2) is 0 Å². The summed E-state index contributed by atoms with van der Waals surface area (Å²) >= 11 is 0. The molecular weight excluding hydrogens is 136 g/mol. The maximum Gasteiger partial charge on any atom is 0.0157 e. The summed E-state index contributed by atoms with van der Waals surface area (Å²) in [4.78, 5) is 0. The van der Waals surface area contributed by atoms with Gasteiger partial charge in [-0.05, 0) is 30.2 Å². The Morgan fingerprint density at radius 3 is 1.91 bits per heavy atom. The Hall–Kier alpha value is -0.0800. The summed E-state index contributed by atoms with van der Waals surface area (Å²) in [7, 11) is 0. The molecule has 0 saturated heterocycles. The fraction of sp³-hybridized carbons (Fsp3) is 1.00. The van der Waals surface area contributed by atoms with Gasteiger partial charge in [-0.3, -0.25) is 0 Å². The van der Waals surface area contributed by atoms with Gasteiger partial charge in [-0.25, -0.2) is 0 Å². The van der Waals surface area contributed by atoms with Gasteiger partial charge < -0.3 is 11.5 Å². The van der Waals surface area contributed by atoms with Crippen LogP contribution >= 0.6 is 0 Å². The van der Waals surface area contributed by atoms with E-state index in [2.05, 4.69) is 20.8 Å². The molecule has 1 fully saturated rings. The zero-order valence-corrected chi connectivity index (χ0v) is 7.85. The van der Waals surface area contributed by atoms with E-state index in [1.165, 1.54) is 12.8 Å². The third-order valence-electron chi connectivity index (χ3n) is 2.89. The highest BCUT2D eigenvalue weighted by molar-refractivity contribution is 5.05. The van der Waals surface area contributed by atoms with Crippen LogP contribution in [0.25, 0.3) is 0 Å². The van der Waals surface area contributed by atoms with Gasteiger partial charge in [-0.2, -0.15) is 0 Å². The molecule has 1 rings (SSSR count).